The number of furan rings is 2. The fraction of sp³-hybridized carbons (Fsp3) is 0.259. The molecule has 2 aliphatic rings. The Morgan fingerprint density at radius 1 is 1.11 bits per heavy atom. The number of hydrogen-bond acceptors (Lipinski definition) is 8. The fourth-order valence-corrected chi connectivity index (χ4v) is 5.55. The maximum atomic E-state index is 13.3. The van der Waals surface area contributed by atoms with Crippen molar-refractivity contribution >= 4 is 28.0 Å². The molecule has 0 unspecified atom stereocenters. The predicted molar refractivity (Wildman–Crippen MR) is 137 cm³/mol. The summed E-state index contributed by atoms with van der Waals surface area (Å²) in [5.41, 5.74) is 6.08. The molecule has 1 aliphatic heterocycles. The predicted octanol–water partition coefficient (Wildman–Crippen LogP) is 3.89. The number of carbonyl (C=O) groups excluding carboxylic acids is 2. The molecule has 10 nitrogen and oxygen atoms in total. The molecule has 0 saturated carbocycles. The molecule has 1 amide bonds. The number of rotatable bonds is 7. The molecule has 3 aromatic rings. The average molecular weight is 538 g/mol. The van der Waals surface area contributed by atoms with Gasteiger partial charge in [-0.3, -0.25) is 10.2 Å². The van der Waals surface area contributed by atoms with Crippen LogP contribution in [0.15, 0.2) is 91.6 Å². The third kappa shape index (κ3) is 4.90. The Morgan fingerprint density at radius 3 is 2.61 bits per heavy atom. The van der Waals surface area contributed by atoms with Gasteiger partial charge in [-0.2, -0.15) is 0 Å². The highest BCUT2D eigenvalue weighted by Crippen LogP contribution is 2.44. The van der Waals surface area contributed by atoms with Gasteiger partial charge >= 0.3 is 5.97 Å². The Kier molecular flexibility index (Phi) is 6.96. The van der Waals surface area contributed by atoms with Crippen LogP contribution >= 0.6 is 0 Å². The summed E-state index contributed by atoms with van der Waals surface area (Å²) < 4.78 is 42.4. The van der Waals surface area contributed by atoms with E-state index in [9.17, 15) is 18.0 Å². The number of esters is 1. The zero-order valence-corrected chi connectivity index (χ0v) is 21.7. The van der Waals surface area contributed by atoms with Gasteiger partial charge in [-0.15, -0.1) is 0 Å². The number of carbonyl (C=O) groups is 2. The second-order valence-electron chi connectivity index (χ2n) is 9.12. The van der Waals surface area contributed by atoms with Crippen molar-refractivity contribution in [2.75, 3.05) is 20.7 Å². The van der Waals surface area contributed by atoms with Crippen LogP contribution in [0.4, 0.5) is 0 Å². The van der Waals surface area contributed by atoms with E-state index in [0.717, 1.165) is 40.4 Å². The van der Waals surface area contributed by atoms with Crippen molar-refractivity contribution < 1.29 is 31.6 Å². The van der Waals surface area contributed by atoms with E-state index in [1.807, 2.05) is 18.2 Å². The topological polar surface area (TPSA) is 122 Å². The zero-order valence-electron chi connectivity index (χ0n) is 20.9. The minimum Gasteiger partial charge on any atom is -0.467 e. The average Bonchev–Trinajstić information content (AvgIpc) is 3.68. The molecule has 2 aromatic heterocycles. The van der Waals surface area contributed by atoms with Crippen molar-refractivity contribution in [3.8, 4) is 0 Å². The van der Waals surface area contributed by atoms with Gasteiger partial charge in [0.2, 0.25) is 10.0 Å². The number of allylic oxidation sites excluding steroid dienone is 1. The third-order valence-corrected chi connectivity index (χ3v) is 8.28. The lowest BCUT2D eigenvalue weighted by molar-refractivity contribution is -0.138. The highest BCUT2D eigenvalue weighted by molar-refractivity contribution is 7.89. The molecule has 11 heteroatoms. The Morgan fingerprint density at radius 2 is 1.89 bits per heavy atom. The summed E-state index contributed by atoms with van der Waals surface area (Å²) in [6.07, 6.45) is 7.57. The van der Waals surface area contributed by atoms with Gasteiger partial charge in [0.05, 0.1) is 28.7 Å². The molecule has 198 valence electrons. The van der Waals surface area contributed by atoms with Gasteiger partial charge in [-0.05, 0) is 78.9 Å². The molecular weight excluding hydrogens is 510 g/mol. The standard InChI is InChI=1S/C27H27N3O7S/c1-29(2)38(33,34)21-10-3-8-19(16-21)27(32)37-17-24(31)30-26(23-12-6-14-36-23)22-11-4-7-18(25(22)28-30)15-20-9-5-13-35-20/h3,5-6,8-10,12-16,26,28H,4,7,11,17H2,1-2H3/b18-15+/t26-/m0/s1. The minimum absolute atomic E-state index is 0.0266. The lowest BCUT2D eigenvalue weighted by Crippen LogP contribution is -2.42. The van der Waals surface area contributed by atoms with Crippen molar-refractivity contribution in [1.82, 2.24) is 14.7 Å². The SMILES string of the molecule is CN(C)S(=O)(=O)c1cccc(C(=O)OCC(=O)N2NC3=C(CCC/C3=C\c3ccco3)[C@H]2c2ccco2)c1. The molecule has 0 saturated heterocycles. The second kappa shape index (κ2) is 10.3. The molecule has 3 heterocycles. The van der Waals surface area contributed by atoms with Gasteiger partial charge in [0.25, 0.3) is 5.91 Å². The molecule has 0 fully saturated rings. The first-order valence-electron chi connectivity index (χ1n) is 12.0. The molecule has 1 aliphatic carbocycles. The van der Waals surface area contributed by atoms with Crippen LogP contribution in [0.1, 0.15) is 47.2 Å². The van der Waals surface area contributed by atoms with E-state index >= 15 is 0 Å². The largest absolute Gasteiger partial charge is 0.467 e. The number of nitrogens with zero attached hydrogens (tertiary/aromatic N) is 2. The highest BCUT2D eigenvalue weighted by atomic mass is 32.2. The molecule has 1 aromatic carbocycles. The van der Waals surface area contributed by atoms with Crippen LogP contribution in [-0.4, -0.2) is 50.3 Å². The van der Waals surface area contributed by atoms with E-state index in [1.54, 1.807) is 24.7 Å². The number of hydrogen-bond donors (Lipinski definition) is 1. The first-order chi connectivity index (χ1) is 18.3. The first kappa shape index (κ1) is 25.6. The lowest BCUT2D eigenvalue weighted by Gasteiger charge is -2.25. The Bertz CT molecular complexity index is 1500. The Balaban J connectivity index is 1.35. The summed E-state index contributed by atoms with van der Waals surface area (Å²) in [6, 6.07) is 12.2. The van der Waals surface area contributed by atoms with Crippen molar-refractivity contribution in [3.05, 3.63) is 95.0 Å². The summed E-state index contributed by atoms with van der Waals surface area (Å²) in [4.78, 5) is 26.0. The van der Waals surface area contributed by atoms with Gasteiger partial charge in [0.15, 0.2) is 6.61 Å². The van der Waals surface area contributed by atoms with E-state index in [2.05, 4.69) is 5.43 Å². The number of sulfonamides is 1. The van der Waals surface area contributed by atoms with E-state index in [0.29, 0.717) is 11.5 Å². The summed E-state index contributed by atoms with van der Waals surface area (Å²) in [5.74, 6) is 0.00734. The molecule has 1 N–H and O–H groups in total. The summed E-state index contributed by atoms with van der Waals surface area (Å²) in [6.45, 7) is -0.550. The summed E-state index contributed by atoms with van der Waals surface area (Å²) in [7, 11) is -0.927. The van der Waals surface area contributed by atoms with Crippen molar-refractivity contribution in [3.63, 3.8) is 0 Å². The smallest absolute Gasteiger partial charge is 0.338 e. The zero-order chi connectivity index (χ0) is 26.9. The molecule has 5 rings (SSSR count). The van der Waals surface area contributed by atoms with Crippen LogP contribution in [-0.2, 0) is 19.6 Å². The number of benzene rings is 1. The molecule has 38 heavy (non-hydrogen) atoms. The highest BCUT2D eigenvalue weighted by Gasteiger charge is 2.41. The molecule has 1 atom stereocenters. The maximum Gasteiger partial charge on any atom is 0.338 e. The van der Waals surface area contributed by atoms with E-state index in [-0.39, 0.29) is 10.5 Å². The number of ether oxygens (including phenoxy) is 1. The second-order valence-corrected chi connectivity index (χ2v) is 11.3. The maximum absolute atomic E-state index is 13.3. The van der Waals surface area contributed by atoms with Gasteiger partial charge in [0, 0.05) is 14.1 Å². The van der Waals surface area contributed by atoms with Crippen LogP contribution in [0, 0.1) is 0 Å². The third-order valence-electron chi connectivity index (χ3n) is 6.47. The van der Waals surface area contributed by atoms with Crippen LogP contribution in [0.3, 0.4) is 0 Å². The van der Waals surface area contributed by atoms with Gasteiger partial charge in [0.1, 0.15) is 17.6 Å². The van der Waals surface area contributed by atoms with Crippen LogP contribution in [0.5, 0.6) is 0 Å². The van der Waals surface area contributed by atoms with Crippen LogP contribution < -0.4 is 5.43 Å². The number of amides is 1. The van der Waals surface area contributed by atoms with Crippen molar-refractivity contribution in [1.29, 1.82) is 0 Å². The first-order valence-corrected chi connectivity index (χ1v) is 13.5. The quantitative estimate of drug-likeness (QED) is 0.451. The van der Waals surface area contributed by atoms with E-state index in [1.165, 1.54) is 43.4 Å². The normalized spacial score (nSPS) is 18.6. The Labute approximate surface area is 220 Å². The summed E-state index contributed by atoms with van der Waals surface area (Å²) in [5, 5.41) is 1.42. The van der Waals surface area contributed by atoms with E-state index in [4.69, 9.17) is 13.6 Å². The Hall–Kier alpha value is -4.09. The number of nitrogens with one attached hydrogen (secondary N) is 1. The molecule has 0 spiro atoms. The van der Waals surface area contributed by atoms with Gasteiger partial charge in [-0.1, -0.05) is 6.07 Å². The van der Waals surface area contributed by atoms with Crippen LogP contribution in [0.2, 0.25) is 0 Å². The fourth-order valence-electron chi connectivity index (χ4n) is 4.60. The minimum atomic E-state index is -3.73. The summed E-state index contributed by atoms with van der Waals surface area (Å²) >= 11 is 0. The monoisotopic (exact) mass is 537 g/mol. The van der Waals surface area contributed by atoms with E-state index < -0.39 is 34.5 Å². The molecule has 0 radical (unpaired) electrons. The van der Waals surface area contributed by atoms with Gasteiger partial charge in [-0.25, -0.2) is 22.5 Å². The van der Waals surface area contributed by atoms with Crippen LogP contribution in [0.25, 0.3) is 6.08 Å². The number of hydrazine groups is 1. The van der Waals surface area contributed by atoms with Crippen molar-refractivity contribution in [2.24, 2.45) is 0 Å². The van der Waals surface area contributed by atoms with Gasteiger partial charge < -0.3 is 13.6 Å². The van der Waals surface area contributed by atoms with Crippen molar-refractivity contribution in [2.45, 2.75) is 30.2 Å². The lowest BCUT2D eigenvalue weighted by atomic mass is 9.88. The molecule has 0 bridgehead atoms. The molecular formula is C27H27N3O7S.